The van der Waals surface area contributed by atoms with Crippen molar-refractivity contribution in [2.24, 2.45) is 0 Å². The molecule has 1 fully saturated rings. The average molecular weight is 363 g/mol. The summed E-state index contributed by atoms with van der Waals surface area (Å²) in [6, 6.07) is 7.29. The first kappa shape index (κ1) is 21.2. The summed E-state index contributed by atoms with van der Waals surface area (Å²) in [7, 11) is -1.09. The van der Waals surface area contributed by atoms with Crippen LogP contribution < -0.4 is 10.2 Å². The Morgan fingerprint density at radius 1 is 1.04 bits per heavy atom. The number of hydrogen-bond acceptors (Lipinski definition) is 5. The van der Waals surface area contributed by atoms with E-state index in [0.29, 0.717) is 12.1 Å². The van der Waals surface area contributed by atoms with E-state index in [4.69, 9.17) is 9.39 Å². The van der Waals surface area contributed by atoms with Crippen molar-refractivity contribution < 1.29 is 19.5 Å². The van der Waals surface area contributed by atoms with Gasteiger partial charge in [-0.1, -0.05) is 18.6 Å². The van der Waals surface area contributed by atoms with Gasteiger partial charge in [-0.3, -0.25) is 0 Å². The van der Waals surface area contributed by atoms with Crippen molar-refractivity contribution in [2.45, 2.75) is 64.6 Å². The highest BCUT2D eigenvalue weighted by molar-refractivity contribution is 6.60. The fraction of sp³-hybridized carbons (Fsp3) is 0.700. The molecule has 1 saturated heterocycles. The van der Waals surface area contributed by atoms with Crippen LogP contribution in [0.2, 0.25) is 0 Å². The van der Waals surface area contributed by atoms with Crippen molar-refractivity contribution in [3.8, 4) is 5.75 Å². The van der Waals surface area contributed by atoms with Crippen molar-refractivity contribution >= 4 is 12.6 Å². The molecule has 0 unspecified atom stereocenters. The summed E-state index contributed by atoms with van der Waals surface area (Å²) in [5, 5.41) is 20.4. The third kappa shape index (κ3) is 6.27. The average Bonchev–Trinajstić information content (AvgIpc) is 2.59. The Kier molecular flexibility index (Phi) is 7.53. The number of rotatable bonds is 9. The van der Waals surface area contributed by atoms with E-state index in [0.717, 1.165) is 18.7 Å². The molecule has 2 rings (SSSR count). The van der Waals surface area contributed by atoms with Gasteiger partial charge in [0.25, 0.3) is 0 Å². The highest BCUT2D eigenvalue weighted by atomic mass is 16.5. The molecule has 1 aliphatic rings. The summed E-state index contributed by atoms with van der Waals surface area (Å²) in [6.07, 6.45) is 5.02. The predicted molar refractivity (Wildman–Crippen MR) is 106 cm³/mol. The Labute approximate surface area is 158 Å². The van der Waals surface area contributed by atoms with Gasteiger partial charge in [0.15, 0.2) is 0 Å². The molecule has 2 N–H and O–H groups in total. The summed E-state index contributed by atoms with van der Waals surface area (Å²) < 4.78 is 11.5. The van der Waals surface area contributed by atoms with Gasteiger partial charge in [0.1, 0.15) is 5.75 Å². The van der Waals surface area contributed by atoms with Crippen molar-refractivity contribution in [2.75, 3.05) is 26.2 Å². The van der Waals surface area contributed by atoms with Crippen molar-refractivity contribution in [1.82, 2.24) is 4.90 Å². The molecule has 0 atom stereocenters. The van der Waals surface area contributed by atoms with Gasteiger partial charge >= 0.3 is 7.12 Å². The van der Waals surface area contributed by atoms with Gasteiger partial charge in [0, 0.05) is 6.54 Å². The van der Waals surface area contributed by atoms with E-state index in [2.05, 4.69) is 4.90 Å². The number of ether oxygens (including phenoxy) is 1. The third-order valence-electron chi connectivity index (χ3n) is 5.38. The van der Waals surface area contributed by atoms with Gasteiger partial charge in [-0.25, -0.2) is 0 Å². The van der Waals surface area contributed by atoms with Crippen LogP contribution in [-0.4, -0.2) is 59.6 Å². The van der Waals surface area contributed by atoms with E-state index in [-0.39, 0.29) is 0 Å². The molecule has 0 aromatic heterocycles. The normalized spacial score (nSPS) is 16.5. The fourth-order valence-electron chi connectivity index (χ4n) is 2.88. The minimum atomic E-state index is -1.09. The lowest BCUT2D eigenvalue weighted by Crippen LogP contribution is -2.53. The first-order chi connectivity index (χ1) is 12.2. The maximum Gasteiger partial charge on any atom is 0.491 e. The van der Waals surface area contributed by atoms with E-state index in [9.17, 15) is 10.1 Å². The van der Waals surface area contributed by atoms with Gasteiger partial charge in [-0.15, -0.1) is 0 Å². The Morgan fingerprint density at radius 3 is 2.23 bits per heavy atom. The van der Waals surface area contributed by atoms with Crippen LogP contribution in [0.5, 0.6) is 5.75 Å². The van der Waals surface area contributed by atoms with Crippen LogP contribution in [0, 0.1) is 0 Å². The molecule has 1 aliphatic heterocycles. The Balaban J connectivity index is 1.76. The van der Waals surface area contributed by atoms with Crippen LogP contribution in [0.15, 0.2) is 24.3 Å². The van der Waals surface area contributed by atoms with Crippen molar-refractivity contribution in [1.29, 1.82) is 0 Å². The van der Waals surface area contributed by atoms with E-state index in [1.807, 2.05) is 12.1 Å². The summed E-state index contributed by atoms with van der Waals surface area (Å²) in [5.74, 6) is 0.793. The van der Waals surface area contributed by atoms with Crippen LogP contribution in [0.3, 0.4) is 0 Å². The number of aliphatic hydroxyl groups is 1. The number of hydrogen-bond donors (Lipinski definition) is 2. The molecule has 1 heterocycles. The molecule has 0 saturated carbocycles. The summed E-state index contributed by atoms with van der Waals surface area (Å²) in [4.78, 5) is 2.51. The largest absolute Gasteiger partial charge is 0.494 e. The van der Waals surface area contributed by atoms with Gasteiger partial charge in [0.05, 0.1) is 17.8 Å². The molecule has 6 heteroatoms. The van der Waals surface area contributed by atoms with Crippen LogP contribution >= 0.6 is 0 Å². The van der Waals surface area contributed by atoms with E-state index >= 15 is 0 Å². The molecular formula is C20H34BNO4. The molecule has 1 aromatic rings. The number of piperidine rings is 1. The highest BCUT2D eigenvalue weighted by Gasteiger charge is 2.39. The van der Waals surface area contributed by atoms with E-state index in [1.165, 1.54) is 32.4 Å². The number of likely N-dealkylation sites (tertiary alicyclic amines) is 1. The minimum Gasteiger partial charge on any atom is -0.494 e. The lowest BCUT2D eigenvalue weighted by molar-refractivity contribution is -0.0982. The second-order valence-corrected chi connectivity index (χ2v) is 8.21. The molecule has 0 spiro atoms. The van der Waals surface area contributed by atoms with E-state index < -0.39 is 18.3 Å². The first-order valence-corrected chi connectivity index (χ1v) is 9.72. The van der Waals surface area contributed by atoms with Crippen molar-refractivity contribution in [3.05, 3.63) is 24.3 Å². The molecule has 26 heavy (non-hydrogen) atoms. The molecule has 0 aliphatic carbocycles. The maximum absolute atomic E-state index is 10.3. The predicted octanol–water partition coefficient (Wildman–Crippen LogP) is 2.19. The second-order valence-electron chi connectivity index (χ2n) is 8.21. The standard InChI is InChI=1S/C20H34BNO4/c1-19(2,23)20(3,4)26-21(24)17-9-11-18(12-10-17)25-16-8-15-22-13-6-5-7-14-22/h9-12,23-24H,5-8,13-16H2,1-4H3. The monoisotopic (exact) mass is 363 g/mol. The zero-order chi connectivity index (χ0) is 19.2. The molecule has 1 aromatic carbocycles. The number of benzene rings is 1. The van der Waals surface area contributed by atoms with Gasteiger partial charge in [-0.2, -0.15) is 0 Å². The molecular weight excluding hydrogens is 329 g/mol. The summed E-state index contributed by atoms with van der Waals surface area (Å²) in [5.41, 5.74) is -1.30. The smallest absolute Gasteiger partial charge is 0.491 e. The Bertz CT molecular complexity index is 536. The maximum atomic E-state index is 10.3. The van der Waals surface area contributed by atoms with Crippen LogP contribution in [0.4, 0.5) is 0 Å². The lowest BCUT2D eigenvalue weighted by Gasteiger charge is -2.38. The Hall–Kier alpha value is -1.08. The molecule has 0 amide bonds. The Morgan fingerprint density at radius 2 is 1.65 bits per heavy atom. The molecule has 146 valence electrons. The van der Waals surface area contributed by atoms with Gasteiger partial charge in [-0.05, 0) is 77.6 Å². The quantitative estimate of drug-likeness (QED) is 0.520. The van der Waals surface area contributed by atoms with Gasteiger partial charge < -0.3 is 24.4 Å². The molecule has 5 nitrogen and oxygen atoms in total. The van der Waals surface area contributed by atoms with E-state index in [1.54, 1.807) is 39.8 Å². The lowest BCUT2D eigenvalue weighted by atomic mass is 9.76. The van der Waals surface area contributed by atoms with Gasteiger partial charge in [0.2, 0.25) is 0 Å². The van der Waals surface area contributed by atoms with Crippen LogP contribution in [0.1, 0.15) is 53.4 Å². The summed E-state index contributed by atoms with van der Waals surface area (Å²) in [6.45, 7) is 11.1. The van der Waals surface area contributed by atoms with Crippen LogP contribution in [-0.2, 0) is 4.65 Å². The molecule has 0 radical (unpaired) electrons. The van der Waals surface area contributed by atoms with Crippen LogP contribution in [0.25, 0.3) is 0 Å². The SMILES string of the molecule is CC(C)(O)C(C)(C)OB(O)c1ccc(OCCCN2CCCCC2)cc1. The topological polar surface area (TPSA) is 62.2 Å². The minimum absolute atomic E-state index is 0.642. The highest BCUT2D eigenvalue weighted by Crippen LogP contribution is 2.25. The third-order valence-corrected chi connectivity index (χ3v) is 5.38. The molecule has 0 bridgehead atoms. The number of nitrogens with zero attached hydrogens (tertiary/aromatic N) is 1. The zero-order valence-corrected chi connectivity index (χ0v) is 16.7. The second kappa shape index (κ2) is 9.22. The fourth-order valence-corrected chi connectivity index (χ4v) is 2.88. The zero-order valence-electron chi connectivity index (χ0n) is 16.7. The first-order valence-electron chi connectivity index (χ1n) is 9.72. The summed E-state index contributed by atoms with van der Waals surface area (Å²) >= 11 is 0. The van der Waals surface area contributed by atoms with Crippen molar-refractivity contribution in [3.63, 3.8) is 0 Å².